The van der Waals surface area contributed by atoms with Gasteiger partial charge in [0.05, 0.1) is 13.2 Å². The Hall–Kier alpha value is -1.98. The van der Waals surface area contributed by atoms with Crippen molar-refractivity contribution in [3.8, 4) is 5.75 Å². The lowest BCUT2D eigenvalue weighted by Crippen LogP contribution is -2.37. The average molecular weight is 358 g/mol. The number of aryl methyl sites for hydroxylation is 1. The van der Waals surface area contributed by atoms with Gasteiger partial charge in [-0.15, -0.1) is 0 Å². The van der Waals surface area contributed by atoms with Gasteiger partial charge in [-0.05, 0) is 62.7 Å². The van der Waals surface area contributed by atoms with Gasteiger partial charge in [0.25, 0.3) is 0 Å². The molecule has 26 heavy (non-hydrogen) atoms. The summed E-state index contributed by atoms with van der Waals surface area (Å²) in [6.07, 6.45) is 2.97. The summed E-state index contributed by atoms with van der Waals surface area (Å²) < 4.78 is 24.8. The highest BCUT2D eigenvalue weighted by Gasteiger charge is 2.39. The molecule has 2 aromatic rings. The zero-order valence-corrected chi connectivity index (χ0v) is 15.6. The minimum atomic E-state index is -0.250. The van der Waals surface area contributed by atoms with Gasteiger partial charge in [-0.2, -0.15) is 0 Å². The molecule has 0 spiro atoms. The molecule has 140 valence electrons. The van der Waals surface area contributed by atoms with Gasteiger partial charge in [0.1, 0.15) is 11.6 Å². The maximum atomic E-state index is 13.1. The number of hydrogen-bond acceptors (Lipinski definition) is 4. The lowest BCUT2D eigenvalue weighted by Gasteiger charge is -2.29. The fourth-order valence-corrected chi connectivity index (χ4v) is 3.38. The zero-order chi connectivity index (χ0) is 18.4. The molecule has 0 unspecified atom stereocenters. The first kappa shape index (κ1) is 18.8. The van der Waals surface area contributed by atoms with Gasteiger partial charge in [0, 0.05) is 37.0 Å². The predicted molar refractivity (Wildman–Crippen MR) is 99.7 cm³/mol. The minimum Gasteiger partial charge on any atom is -0.493 e. The first-order valence-electron chi connectivity index (χ1n) is 9.19. The Morgan fingerprint density at radius 2 is 1.96 bits per heavy atom. The van der Waals surface area contributed by atoms with Gasteiger partial charge in [0.15, 0.2) is 0 Å². The van der Waals surface area contributed by atoms with Crippen LogP contribution in [0.5, 0.6) is 5.75 Å². The van der Waals surface area contributed by atoms with Gasteiger partial charge in [-0.1, -0.05) is 6.07 Å². The number of aromatic nitrogens is 1. The van der Waals surface area contributed by atoms with Crippen molar-refractivity contribution in [1.29, 1.82) is 0 Å². The van der Waals surface area contributed by atoms with Crippen molar-refractivity contribution in [2.24, 2.45) is 5.41 Å². The number of hydrogen-bond donors (Lipinski definition) is 0. The van der Waals surface area contributed by atoms with Crippen LogP contribution in [0.2, 0.25) is 0 Å². The van der Waals surface area contributed by atoms with Gasteiger partial charge in [0.2, 0.25) is 0 Å². The smallest absolute Gasteiger partial charge is 0.123 e. The third kappa shape index (κ3) is 5.02. The van der Waals surface area contributed by atoms with Crippen molar-refractivity contribution in [2.45, 2.75) is 26.8 Å². The highest BCUT2D eigenvalue weighted by molar-refractivity contribution is 5.22. The van der Waals surface area contributed by atoms with Crippen molar-refractivity contribution in [3.05, 3.63) is 59.7 Å². The van der Waals surface area contributed by atoms with Crippen LogP contribution in [0, 0.1) is 18.2 Å². The Kier molecular flexibility index (Phi) is 6.22. The minimum absolute atomic E-state index is 0.0392. The van der Waals surface area contributed by atoms with Crippen LogP contribution in [0.3, 0.4) is 0 Å². The van der Waals surface area contributed by atoms with Crippen molar-refractivity contribution < 1.29 is 13.9 Å². The molecule has 1 aromatic carbocycles. The maximum Gasteiger partial charge on any atom is 0.123 e. The number of nitrogens with zero attached hydrogens (tertiary/aromatic N) is 2. The van der Waals surface area contributed by atoms with Crippen LogP contribution in [-0.2, 0) is 11.3 Å². The van der Waals surface area contributed by atoms with Gasteiger partial charge >= 0.3 is 0 Å². The normalized spacial score (nSPS) is 20.4. The van der Waals surface area contributed by atoms with Gasteiger partial charge < -0.3 is 9.47 Å². The van der Waals surface area contributed by atoms with Crippen molar-refractivity contribution >= 4 is 0 Å². The molecule has 0 bridgehead atoms. The summed E-state index contributed by atoms with van der Waals surface area (Å²) >= 11 is 0. The highest BCUT2D eigenvalue weighted by atomic mass is 19.1. The summed E-state index contributed by atoms with van der Waals surface area (Å²) in [5.41, 5.74) is 2.22. The monoisotopic (exact) mass is 358 g/mol. The fraction of sp³-hybridized carbons (Fsp3) is 0.476. The molecule has 1 atom stereocenters. The second-order valence-corrected chi connectivity index (χ2v) is 7.15. The summed E-state index contributed by atoms with van der Waals surface area (Å²) in [4.78, 5) is 6.81. The van der Waals surface area contributed by atoms with E-state index in [0.717, 1.165) is 31.7 Å². The van der Waals surface area contributed by atoms with Crippen LogP contribution in [0.1, 0.15) is 24.6 Å². The first-order valence-corrected chi connectivity index (χ1v) is 9.19. The molecule has 1 aliphatic rings. The van der Waals surface area contributed by atoms with E-state index >= 15 is 0 Å². The number of pyridine rings is 1. The molecule has 1 fully saturated rings. The summed E-state index contributed by atoms with van der Waals surface area (Å²) in [7, 11) is 0. The van der Waals surface area contributed by atoms with Crippen LogP contribution in [-0.4, -0.2) is 42.8 Å². The van der Waals surface area contributed by atoms with Crippen LogP contribution in [0.25, 0.3) is 0 Å². The third-order valence-electron chi connectivity index (χ3n) is 4.87. The summed E-state index contributed by atoms with van der Waals surface area (Å²) in [6, 6.07) is 10.4. The molecule has 0 saturated carbocycles. The zero-order valence-electron chi connectivity index (χ0n) is 15.6. The van der Waals surface area contributed by atoms with Crippen LogP contribution in [0.15, 0.2) is 42.6 Å². The number of halogens is 1. The average Bonchev–Trinajstić information content (AvgIpc) is 3.05. The Morgan fingerprint density at radius 3 is 2.65 bits per heavy atom. The van der Waals surface area contributed by atoms with Crippen molar-refractivity contribution in [2.75, 3.05) is 32.9 Å². The predicted octanol–water partition coefficient (Wildman–Crippen LogP) is 3.84. The second-order valence-electron chi connectivity index (χ2n) is 7.15. The molecule has 1 aromatic heterocycles. The Labute approximate surface area is 155 Å². The van der Waals surface area contributed by atoms with E-state index in [2.05, 4.69) is 22.0 Å². The first-order chi connectivity index (χ1) is 12.6. The molecular formula is C21H27FN2O2. The third-order valence-corrected chi connectivity index (χ3v) is 4.87. The molecule has 2 heterocycles. The second kappa shape index (κ2) is 8.60. The number of rotatable bonds is 8. The number of likely N-dealkylation sites (tertiary alicyclic amines) is 1. The molecular weight excluding hydrogens is 331 g/mol. The van der Waals surface area contributed by atoms with Crippen LogP contribution < -0.4 is 4.74 Å². The van der Waals surface area contributed by atoms with E-state index in [-0.39, 0.29) is 11.2 Å². The Balaban J connectivity index is 1.61. The molecule has 0 radical (unpaired) electrons. The fourth-order valence-electron chi connectivity index (χ4n) is 3.38. The van der Waals surface area contributed by atoms with Gasteiger partial charge in [-0.3, -0.25) is 9.88 Å². The van der Waals surface area contributed by atoms with Crippen molar-refractivity contribution in [3.63, 3.8) is 0 Å². The van der Waals surface area contributed by atoms with E-state index < -0.39 is 0 Å². The molecule has 4 nitrogen and oxygen atoms in total. The summed E-state index contributed by atoms with van der Waals surface area (Å²) in [6.45, 7) is 8.76. The standard InChI is InChI=1S/C21H27FN2O2/c1-3-25-15-21(16-26-20-8-6-19(22)7-9-20)10-11-24(14-21)13-18-5-4-17(2)23-12-18/h4-9,12H,3,10-11,13-16H2,1-2H3/t21-/m0/s1. The van der Waals surface area contributed by atoms with Crippen LogP contribution in [0.4, 0.5) is 4.39 Å². The van der Waals surface area contributed by atoms with E-state index in [4.69, 9.17) is 9.47 Å². The largest absolute Gasteiger partial charge is 0.493 e. The van der Waals surface area contributed by atoms with E-state index in [9.17, 15) is 4.39 Å². The Bertz CT molecular complexity index is 690. The van der Waals surface area contributed by atoms with E-state index in [1.54, 1.807) is 12.1 Å². The van der Waals surface area contributed by atoms with E-state index in [1.807, 2.05) is 20.0 Å². The Morgan fingerprint density at radius 1 is 1.15 bits per heavy atom. The van der Waals surface area contributed by atoms with E-state index in [0.29, 0.717) is 25.6 Å². The summed E-state index contributed by atoms with van der Waals surface area (Å²) in [5.74, 6) is 0.448. The molecule has 1 saturated heterocycles. The molecule has 0 amide bonds. The SMILES string of the molecule is CCOC[C@]1(COc2ccc(F)cc2)CCN(Cc2ccc(C)nc2)C1. The molecule has 3 rings (SSSR count). The molecule has 0 aliphatic carbocycles. The summed E-state index contributed by atoms with van der Waals surface area (Å²) in [5, 5.41) is 0. The number of benzene rings is 1. The lowest BCUT2D eigenvalue weighted by atomic mass is 9.89. The highest BCUT2D eigenvalue weighted by Crippen LogP contribution is 2.33. The van der Waals surface area contributed by atoms with Crippen LogP contribution >= 0.6 is 0 Å². The maximum absolute atomic E-state index is 13.1. The van der Waals surface area contributed by atoms with E-state index in [1.165, 1.54) is 17.7 Å². The molecule has 1 aliphatic heterocycles. The quantitative estimate of drug-likeness (QED) is 0.718. The van der Waals surface area contributed by atoms with Crippen molar-refractivity contribution in [1.82, 2.24) is 9.88 Å². The number of ether oxygens (including phenoxy) is 2. The lowest BCUT2D eigenvalue weighted by molar-refractivity contribution is 0.0234. The topological polar surface area (TPSA) is 34.6 Å². The molecule has 0 N–H and O–H groups in total. The molecule has 5 heteroatoms. The van der Waals surface area contributed by atoms with Gasteiger partial charge in [-0.25, -0.2) is 4.39 Å².